The van der Waals surface area contributed by atoms with Crippen LogP contribution in [0.25, 0.3) is 0 Å². The summed E-state index contributed by atoms with van der Waals surface area (Å²) in [6.45, 7) is 8.99. The van der Waals surface area contributed by atoms with Crippen LogP contribution >= 0.6 is 0 Å². The van der Waals surface area contributed by atoms with Gasteiger partial charge in [0, 0.05) is 5.92 Å². The zero-order valence-corrected chi connectivity index (χ0v) is 16.8. The highest BCUT2D eigenvalue weighted by Gasteiger charge is 2.43. The molecular formula is C19H24F2N2O3S. The summed E-state index contributed by atoms with van der Waals surface area (Å²) in [4.78, 5) is 19.3. The summed E-state index contributed by atoms with van der Waals surface area (Å²) in [6, 6.07) is 5.77. The van der Waals surface area contributed by atoms with Crippen molar-refractivity contribution < 1.29 is 22.0 Å². The van der Waals surface area contributed by atoms with Gasteiger partial charge in [-0.15, -0.1) is 0 Å². The van der Waals surface area contributed by atoms with Crippen molar-refractivity contribution in [3.63, 3.8) is 0 Å². The number of rotatable bonds is 7. The number of hydrogen-bond donors (Lipinski definition) is 1. The molecule has 5 nitrogen and oxygen atoms in total. The number of aromatic amines is 1. The molecule has 2 aromatic rings. The third-order valence-corrected chi connectivity index (χ3v) is 6.29. The highest BCUT2D eigenvalue weighted by atomic mass is 32.2. The average Bonchev–Trinajstić information content (AvgIpc) is 3.00. The van der Waals surface area contributed by atoms with Crippen molar-refractivity contribution in [1.29, 1.82) is 0 Å². The molecule has 1 aromatic heterocycles. The molecule has 1 atom stereocenters. The van der Waals surface area contributed by atoms with Crippen LogP contribution in [0.1, 0.15) is 67.6 Å². The minimum absolute atomic E-state index is 0.0698. The number of benzene rings is 1. The summed E-state index contributed by atoms with van der Waals surface area (Å²) < 4.78 is 52.9. The van der Waals surface area contributed by atoms with Crippen LogP contribution in [0.15, 0.2) is 29.2 Å². The van der Waals surface area contributed by atoms with E-state index in [-0.39, 0.29) is 22.4 Å². The number of nitrogens with one attached hydrogen (secondary N) is 1. The molecule has 1 N–H and O–H groups in total. The number of carbonyl (C=O) groups is 1. The van der Waals surface area contributed by atoms with Crippen molar-refractivity contribution in [1.82, 2.24) is 9.97 Å². The number of ketones is 1. The quantitative estimate of drug-likeness (QED) is 0.753. The summed E-state index contributed by atoms with van der Waals surface area (Å²) in [6.07, 6.45) is -3.42. The second-order valence-corrected chi connectivity index (χ2v) is 9.20. The van der Waals surface area contributed by atoms with E-state index >= 15 is 0 Å². The summed E-state index contributed by atoms with van der Waals surface area (Å²) in [5, 5.41) is -2.03. The lowest BCUT2D eigenvalue weighted by atomic mass is 10.1. The monoisotopic (exact) mass is 398 g/mol. The van der Waals surface area contributed by atoms with Crippen LogP contribution in [0.5, 0.6) is 0 Å². The van der Waals surface area contributed by atoms with Gasteiger partial charge in [-0.05, 0) is 25.0 Å². The van der Waals surface area contributed by atoms with Crippen LogP contribution in [0.2, 0.25) is 0 Å². The molecule has 27 heavy (non-hydrogen) atoms. The van der Waals surface area contributed by atoms with E-state index in [9.17, 15) is 22.0 Å². The van der Waals surface area contributed by atoms with E-state index in [4.69, 9.17) is 0 Å². The van der Waals surface area contributed by atoms with Crippen LogP contribution in [-0.4, -0.2) is 30.6 Å². The van der Waals surface area contributed by atoms with E-state index in [0.717, 1.165) is 5.56 Å². The van der Waals surface area contributed by atoms with Gasteiger partial charge in [0.05, 0.1) is 16.3 Å². The Balaban J connectivity index is 2.73. The second kappa shape index (κ2) is 7.88. The normalized spacial score (nSPS) is 13.6. The van der Waals surface area contributed by atoms with Crippen LogP contribution in [0.4, 0.5) is 8.78 Å². The fraction of sp³-hybridized carbons (Fsp3) is 0.474. The summed E-state index contributed by atoms with van der Waals surface area (Å²) in [5.41, 5.74) is 1.06. The van der Waals surface area contributed by atoms with Crippen molar-refractivity contribution in [3.8, 4) is 0 Å². The first kappa shape index (κ1) is 21.2. The highest BCUT2D eigenvalue weighted by molar-refractivity contribution is 7.92. The van der Waals surface area contributed by atoms with Gasteiger partial charge in [0.1, 0.15) is 5.82 Å². The lowest BCUT2D eigenvalue weighted by Gasteiger charge is -2.18. The van der Waals surface area contributed by atoms with Gasteiger partial charge in [-0.2, -0.15) is 0 Å². The lowest BCUT2D eigenvalue weighted by molar-refractivity contribution is -0.129. The molecular weight excluding hydrogens is 374 g/mol. The van der Waals surface area contributed by atoms with Crippen molar-refractivity contribution >= 4 is 15.6 Å². The largest absolute Gasteiger partial charge is 0.344 e. The number of hydrogen-bond acceptors (Lipinski definition) is 4. The molecule has 8 heteroatoms. The average molecular weight is 398 g/mol. The first-order valence-corrected chi connectivity index (χ1v) is 10.2. The number of sulfone groups is 1. The molecule has 0 aliphatic carbocycles. The van der Waals surface area contributed by atoms with Gasteiger partial charge in [0.2, 0.25) is 5.78 Å². The fourth-order valence-corrected chi connectivity index (χ4v) is 4.45. The van der Waals surface area contributed by atoms with E-state index < -0.39 is 27.3 Å². The molecule has 2 rings (SSSR count). The number of aryl methyl sites for hydroxylation is 1. The Kier molecular flexibility index (Phi) is 6.19. The minimum Gasteiger partial charge on any atom is -0.344 e. The Morgan fingerprint density at radius 1 is 1.04 bits per heavy atom. The van der Waals surface area contributed by atoms with E-state index in [1.165, 1.54) is 12.1 Å². The molecule has 1 heterocycles. The lowest BCUT2D eigenvalue weighted by Crippen LogP contribution is -2.29. The second-order valence-electron chi connectivity index (χ2n) is 7.17. The van der Waals surface area contributed by atoms with Crippen molar-refractivity contribution in [2.75, 3.05) is 0 Å². The summed E-state index contributed by atoms with van der Waals surface area (Å²) >= 11 is 0. The van der Waals surface area contributed by atoms with Gasteiger partial charge in [0.25, 0.3) is 6.43 Å². The zero-order valence-electron chi connectivity index (χ0n) is 16.0. The van der Waals surface area contributed by atoms with Crippen molar-refractivity contribution in [2.24, 2.45) is 0 Å². The Morgan fingerprint density at radius 3 is 2.04 bits per heavy atom. The van der Waals surface area contributed by atoms with Crippen molar-refractivity contribution in [3.05, 3.63) is 47.0 Å². The number of alkyl halides is 2. The molecule has 1 aromatic carbocycles. The Morgan fingerprint density at radius 2 is 1.59 bits per heavy atom. The summed E-state index contributed by atoms with van der Waals surface area (Å²) in [7, 11) is -4.38. The smallest absolute Gasteiger partial charge is 0.297 e. The van der Waals surface area contributed by atoms with Gasteiger partial charge in [0.15, 0.2) is 15.1 Å². The molecule has 0 fully saturated rings. The molecule has 148 valence electrons. The first-order valence-electron chi connectivity index (χ1n) is 8.69. The maximum Gasteiger partial charge on any atom is 0.297 e. The first-order chi connectivity index (χ1) is 12.5. The van der Waals surface area contributed by atoms with Crippen LogP contribution < -0.4 is 0 Å². The third kappa shape index (κ3) is 4.26. The third-order valence-electron chi connectivity index (χ3n) is 4.27. The number of carbonyl (C=O) groups excluding carboxylic acids is 1. The van der Waals surface area contributed by atoms with Crippen LogP contribution in [-0.2, 0) is 14.6 Å². The Labute approximate surface area is 158 Å². The molecule has 0 spiro atoms. The standard InChI is InChI=1S/C19H24F2N2O3S/c1-10(2)14-15(23-19(22-14)11(3)4)17(16(24)18(20)21)27(25,26)13-8-6-12(5)7-9-13/h6-11,17-18H,1-5H3,(H,22,23). The zero-order chi connectivity index (χ0) is 20.5. The highest BCUT2D eigenvalue weighted by Crippen LogP contribution is 2.35. The molecule has 0 amide bonds. The molecule has 0 aliphatic heterocycles. The number of aromatic nitrogens is 2. The van der Waals surface area contributed by atoms with Crippen molar-refractivity contribution in [2.45, 2.75) is 63.0 Å². The van der Waals surface area contributed by atoms with Crippen LogP contribution in [0.3, 0.4) is 0 Å². The fourth-order valence-electron chi connectivity index (χ4n) is 2.76. The topological polar surface area (TPSA) is 79.9 Å². The Hall–Kier alpha value is -2.09. The SMILES string of the molecule is Cc1ccc(S(=O)(=O)C(C(=O)C(F)F)c2[nH]c(C(C)C)nc2C(C)C)cc1. The van der Waals surface area contributed by atoms with Gasteiger partial charge >= 0.3 is 0 Å². The van der Waals surface area contributed by atoms with E-state index in [1.807, 2.05) is 13.8 Å². The van der Waals surface area contributed by atoms with Gasteiger partial charge in [-0.25, -0.2) is 22.2 Å². The molecule has 1 unspecified atom stereocenters. The number of Topliss-reactive ketones (excluding diaryl/α,β-unsaturated/α-hetero) is 1. The molecule has 0 bridgehead atoms. The maximum absolute atomic E-state index is 13.3. The van der Waals surface area contributed by atoms with E-state index in [0.29, 0.717) is 11.5 Å². The molecule has 0 aliphatic rings. The molecule has 0 radical (unpaired) electrons. The number of halogens is 2. The van der Waals surface area contributed by atoms with Gasteiger partial charge in [-0.3, -0.25) is 4.79 Å². The molecule has 0 saturated carbocycles. The number of H-pyrrole nitrogens is 1. The predicted molar refractivity (Wildman–Crippen MR) is 98.9 cm³/mol. The van der Waals surface area contributed by atoms with Crippen LogP contribution in [0, 0.1) is 6.92 Å². The van der Waals surface area contributed by atoms with E-state index in [1.54, 1.807) is 32.9 Å². The predicted octanol–water partition coefficient (Wildman–Crippen LogP) is 4.31. The van der Waals surface area contributed by atoms with E-state index in [2.05, 4.69) is 9.97 Å². The number of imidazole rings is 1. The number of nitrogens with zero attached hydrogens (tertiary/aromatic N) is 1. The maximum atomic E-state index is 13.3. The van der Waals surface area contributed by atoms with Gasteiger partial charge < -0.3 is 4.98 Å². The van der Waals surface area contributed by atoms with Gasteiger partial charge in [-0.1, -0.05) is 45.4 Å². The minimum atomic E-state index is -4.38. The Bertz CT molecular complexity index is 917. The molecule has 0 saturated heterocycles. The summed E-state index contributed by atoms with van der Waals surface area (Å²) in [5.74, 6) is -1.53.